The highest BCUT2D eigenvalue weighted by Gasteiger charge is 2.12. The van der Waals surface area contributed by atoms with Crippen LogP contribution < -0.4 is 0 Å². The highest BCUT2D eigenvalue weighted by molar-refractivity contribution is 6.35. The van der Waals surface area contributed by atoms with Crippen LogP contribution in [0, 0.1) is 13.8 Å². The van der Waals surface area contributed by atoms with Gasteiger partial charge in [0.15, 0.2) is 5.84 Å². The van der Waals surface area contributed by atoms with Gasteiger partial charge in [-0.05, 0) is 73.2 Å². The Morgan fingerprint density at radius 3 is 2.38 bits per heavy atom. The third-order valence-corrected chi connectivity index (χ3v) is 4.53. The van der Waals surface area contributed by atoms with E-state index >= 15 is 0 Å². The van der Waals surface area contributed by atoms with Crippen LogP contribution in [0.3, 0.4) is 0 Å². The maximum Gasteiger partial charge on any atom is 0.160 e. The Balaban J connectivity index is 2.17. The van der Waals surface area contributed by atoms with Crippen molar-refractivity contribution in [2.75, 3.05) is 0 Å². The number of amidine groups is 1. The number of hydrogen-bond donors (Lipinski definition) is 0. The summed E-state index contributed by atoms with van der Waals surface area (Å²) < 4.78 is 0. The van der Waals surface area contributed by atoms with Gasteiger partial charge >= 0.3 is 0 Å². The lowest BCUT2D eigenvalue weighted by molar-refractivity contribution is 1.29. The van der Waals surface area contributed by atoms with E-state index in [1.807, 2.05) is 44.2 Å². The summed E-state index contributed by atoms with van der Waals surface area (Å²) >= 11 is 12.3. The van der Waals surface area contributed by atoms with Crippen LogP contribution in [0.2, 0.25) is 10.0 Å². The molecule has 0 N–H and O–H groups in total. The fourth-order valence-electron chi connectivity index (χ4n) is 2.82. The van der Waals surface area contributed by atoms with Gasteiger partial charge in [0.1, 0.15) is 0 Å². The van der Waals surface area contributed by atoms with Crippen molar-refractivity contribution in [3.8, 4) is 11.1 Å². The van der Waals surface area contributed by atoms with E-state index in [0.29, 0.717) is 15.9 Å². The summed E-state index contributed by atoms with van der Waals surface area (Å²) in [5.41, 5.74) is 5.71. The van der Waals surface area contributed by atoms with Crippen molar-refractivity contribution >= 4 is 41.4 Å². The lowest BCUT2D eigenvalue weighted by Gasteiger charge is -2.13. The topological polar surface area (TPSA) is 37.6 Å². The van der Waals surface area contributed by atoms with Crippen LogP contribution in [-0.4, -0.2) is 17.5 Å². The summed E-state index contributed by atoms with van der Waals surface area (Å²) in [4.78, 5) is 13.0. The number of aliphatic imine (C=N–C) groups is 2. The maximum atomic E-state index is 6.17. The van der Waals surface area contributed by atoms with Crippen molar-refractivity contribution in [3.05, 3.63) is 81.6 Å². The van der Waals surface area contributed by atoms with Gasteiger partial charge in [0.05, 0.1) is 5.69 Å². The zero-order chi connectivity index (χ0) is 18.7. The summed E-state index contributed by atoms with van der Waals surface area (Å²) in [6.07, 6.45) is 3.43. The zero-order valence-corrected chi connectivity index (χ0v) is 16.0. The van der Waals surface area contributed by atoms with Gasteiger partial charge in [-0.2, -0.15) is 0 Å². The Labute approximate surface area is 163 Å². The number of benzene rings is 2. The minimum atomic E-state index is 0.533. The summed E-state index contributed by atoms with van der Waals surface area (Å²) in [7, 11) is 0. The Kier molecular flexibility index (Phi) is 5.50. The van der Waals surface area contributed by atoms with Crippen molar-refractivity contribution in [2.45, 2.75) is 13.8 Å². The molecule has 26 heavy (non-hydrogen) atoms. The smallest absolute Gasteiger partial charge is 0.160 e. The SMILES string of the molecule is C=NC(=Nc1c(C)ccc(-c2cc(Cl)cc(Cl)c2)c1C)c1cccnc1. The molecule has 0 saturated carbocycles. The predicted molar refractivity (Wildman–Crippen MR) is 111 cm³/mol. The molecule has 3 nitrogen and oxygen atoms in total. The zero-order valence-electron chi connectivity index (χ0n) is 14.5. The molecule has 0 saturated heterocycles. The fraction of sp³-hybridized carbons (Fsp3) is 0.0952. The normalized spacial score (nSPS) is 11.5. The molecule has 5 heteroatoms. The second-order valence-corrected chi connectivity index (χ2v) is 6.77. The first kappa shape index (κ1) is 18.3. The highest BCUT2D eigenvalue weighted by Crippen LogP contribution is 2.35. The van der Waals surface area contributed by atoms with Gasteiger partial charge in [0, 0.05) is 28.0 Å². The van der Waals surface area contributed by atoms with Gasteiger partial charge in [-0.1, -0.05) is 35.3 Å². The second kappa shape index (κ2) is 7.81. The van der Waals surface area contributed by atoms with Gasteiger partial charge in [-0.15, -0.1) is 0 Å². The summed E-state index contributed by atoms with van der Waals surface area (Å²) in [6.45, 7) is 7.70. The lowest BCUT2D eigenvalue weighted by Crippen LogP contribution is -1.98. The molecule has 0 fully saturated rings. The minimum absolute atomic E-state index is 0.533. The summed E-state index contributed by atoms with van der Waals surface area (Å²) in [5, 5.41) is 1.20. The van der Waals surface area contributed by atoms with Gasteiger partial charge in [-0.3, -0.25) is 4.98 Å². The lowest BCUT2D eigenvalue weighted by atomic mass is 9.96. The number of aryl methyl sites for hydroxylation is 1. The van der Waals surface area contributed by atoms with E-state index < -0.39 is 0 Å². The number of rotatable bonds is 3. The highest BCUT2D eigenvalue weighted by atomic mass is 35.5. The molecule has 2 aromatic carbocycles. The van der Waals surface area contributed by atoms with Crippen molar-refractivity contribution in [1.82, 2.24) is 4.98 Å². The van der Waals surface area contributed by atoms with Gasteiger partial charge in [-0.25, -0.2) is 9.98 Å². The number of aromatic nitrogens is 1. The van der Waals surface area contributed by atoms with Crippen molar-refractivity contribution in [3.63, 3.8) is 0 Å². The molecule has 1 aromatic heterocycles. The molecule has 0 aliphatic heterocycles. The standard InChI is InChI=1S/C21H17Cl2N3/c1-13-6-7-19(16-9-17(22)11-18(23)10-16)14(2)20(13)26-21(24-3)15-5-4-8-25-12-15/h4-12H,3H2,1-2H3. The molecule has 130 valence electrons. The van der Waals surface area contributed by atoms with E-state index in [-0.39, 0.29) is 0 Å². The molecule has 0 amide bonds. The van der Waals surface area contributed by atoms with Crippen molar-refractivity contribution in [2.24, 2.45) is 9.98 Å². The molecule has 3 aromatic rings. The second-order valence-electron chi connectivity index (χ2n) is 5.90. The Morgan fingerprint density at radius 2 is 1.77 bits per heavy atom. The Morgan fingerprint density at radius 1 is 1.04 bits per heavy atom. The molecule has 0 aliphatic carbocycles. The number of hydrogen-bond acceptors (Lipinski definition) is 2. The van der Waals surface area contributed by atoms with E-state index in [9.17, 15) is 0 Å². The molecule has 0 unspecified atom stereocenters. The molecule has 0 bridgehead atoms. The fourth-order valence-corrected chi connectivity index (χ4v) is 3.35. The minimum Gasteiger partial charge on any atom is -0.264 e. The van der Waals surface area contributed by atoms with Crippen LogP contribution in [0.5, 0.6) is 0 Å². The first-order valence-electron chi connectivity index (χ1n) is 8.02. The van der Waals surface area contributed by atoms with Gasteiger partial charge < -0.3 is 0 Å². The Bertz CT molecular complexity index is 975. The first-order chi connectivity index (χ1) is 12.5. The van der Waals surface area contributed by atoms with Gasteiger partial charge in [0.25, 0.3) is 0 Å². The van der Waals surface area contributed by atoms with E-state index in [1.165, 1.54) is 0 Å². The quantitative estimate of drug-likeness (QED) is 0.379. The number of nitrogens with zero attached hydrogens (tertiary/aromatic N) is 3. The van der Waals surface area contributed by atoms with Crippen LogP contribution in [0.1, 0.15) is 16.7 Å². The summed E-state index contributed by atoms with van der Waals surface area (Å²) in [6, 6.07) is 13.3. The maximum absolute atomic E-state index is 6.17. The third kappa shape index (κ3) is 3.85. The van der Waals surface area contributed by atoms with E-state index in [2.05, 4.69) is 22.8 Å². The van der Waals surface area contributed by atoms with E-state index in [4.69, 9.17) is 28.2 Å². The molecule has 3 rings (SSSR count). The molecule has 0 atom stereocenters. The molecule has 1 heterocycles. The molecular weight excluding hydrogens is 365 g/mol. The van der Waals surface area contributed by atoms with Crippen LogP contribution in [0.15, 0.2) is 64.8 Å². The van der Waals surface area contributed by atoms with E-state index in [1.54, 1.807) is 18.5 Å². The monoisotopic (exact) mass is 381 g/mol. The van der Waals surface area contributed by atoms with Crippen molar-refractivity contribution in [1.29, 1.82) is 0 Å². The number of halogens is 2. The summed E-state index contributed by atoms with van der Waals surface area (Å²) in [5.74, 6) is 0.533. The largest absolute Gasteiger partial charge is 0.264 e. The molecule has 0 radical (unpaired) electrons. The molecular formula is C21H17Cl2N3. The van der Waals surface area contributed by atoms with Crippen LogP contribution >= 0.6 is 23.2 Å². The average molecular weight is 382 g/mol. The number of pyridine rings is 1. The first-order valence-corrected chi connectivity index (χ1v) is 8.77. The third-order valence-electron chi connectivity index (χ3n) is 4.09. The average Bonchev–Trinajstić information content (AvgIpc) is 2.62. The van der Waals surface area contributed by atoms with Crippen molar-refractivity contribution < 1.29 is 0 Å². The molecule has 0 spiro atoms. The molecule has 0 aliphatic rings. The van der Waals surface area contributed by atoms with Gasteiger partial charge in [0.2, 0.25) is 0 Å². The predicted octanol–water partition coefficient (Wildman–Crippen LogP) is 6.45. The van der Waals surface area contributed by atoms with Crippen LogP contribution in [0.4, 0.5) is 5.69 Å². The van der Waals surface area contributed by atoms with Crippen LogP contribution in [-0.2, 0) is 0 Å². The van der Waals surface area contributed by atoms with E-state index in [0.717, 1.165) is 33.5 Å². The Hall–Kier alpha value is -2.49. The van der Waals surface area contributed by atoms with Crippen LogP contribution in [0.25, 0.3) is 11.1 Å².